The molecule has 0 atom stereocenters. The van der Waals surface area contributed by atoms with Gasteiger partial charge in [0.1, 0.15) is 0 Å². The van der Waals surface area contributed by atoms with Crippen molar-refractivity contribution in [3.05, 3.63) is 35.9 Å². The number of halogens is 2. The van der Waals surface area contributed by atoms with E-state index in [2.05, 4.69) is 5.32 Å². The summed E-state index contributed by atoms with van der Waals surface area (Å²) < 4.78 is -1.66. The van der Waals surface area contributed by atoms with E-state index in [1.807, 2.05) is 30.3 Å². The highest BCUT2D eigenvalue weighted by atomic mass is 35.5. The van der Waals surface area contributed by atoms with Crippen LogP contribution in [0.4, 0.5) is 0 Å². The normalized spacial score (nSPS) is 18.8. The Morgan fingerprint density at radius 1 is 1.19 bits per heavy atom. The molecule has 0 spiro atoms. The predicted octanol–water partition coefficient (Wildman–Crippen LogP) is 1.23. The number of benzene rings is 1. The zero-order valence-electron chi connectivity index (χ0n) is 8.11. The van der Waals surface area contributed by atoms with E-state index in [0.29, 0.717) is 0 Å². The summed E-state index contributed by atoms with van der Waals surface area (Å²) >= 11 is 11.6. The molecular weight excluding hydrogens is 251 g/mol. The molecule has 1 aliphatic rings. The minimum Gasteiger partial charge on any atom is -0.299 e. The van der Waals surface area contributed by atoms with Gasteiger partial charge in [-0.05, 0) is 5.56 Å². The minimum atomic E-state index is -1.66. The van der Waals surface area contributed by atoms with Crippen molar-refractivity contribution in [1.29, 1.82) is 0 Å². The molecule has 1 heterocycles. The Bertz CT molecular complexity index is 434. The standard InChI is InChI=1S/C10H8Cl2N2O2/c11-10(12)13-8(15)9(16)14(10)6-7-4-2-1-3-5-7/h1-5H,6H2,(H,13,15). The third-order valence-electron chi connectivity index (χ3n) is 2.23. The molecule has 1 fully saturated rings. The third kappa shape index (κ3) is 1.99. The maximum Gasteiger partial charge on any atom is 0.316 e. The van der Waals surface area contributed by atoms with Crippen LogP contribution in [0.3, 0.4) is 0 Å². The number of nitrogens with zero attached hydrogens (tertiary/aromatic N) is 1. The lowest BCUT2D eigenvalue weighted by Gasteiger charge is -2.25. The van der Waals surface area contributed by atoms with Gasteiger partial charge in [0.15, 0.2) is 0 Å². The van der Waals surface area contributed by atoms with Gasteiger partial charge in [0.05, 0.1) is 6.54 Å². The fourth-order valence-electron chi connectivity index (χ4n) is 1.44. The van der Waals surface area contributed by atoms with E-state index in [0.717, 1.165) is 10.5 Å². The molecule has 0 radical (unpaired) electrons. The zero-order valence-corrected chi connectivity index (χ0v) is 9.63. The molecule has 6 heteroatoms. The average molecular weight is 259 g/mol. The zero-order chi connectivity index (χ0) is 11.8. The summed E-state index contributed by atoms with van der Waals surface area (Å²) in [5.41, 5.74) is 0.845. The van der Waals surface area contributed by atoms with E-state index >= 15 is 0 Å². The Kier molecular flexibility index (Phi) is 2.78. The van der Waals surface area contributed by atoms with Crippen LogP contribution in [-0.4, -0.2) is 21.3 Å². The molecule has 1 saturated heterocycles. The van der Waals surface area contributed by atoms with Crippen LogP contribution in [0.25, 0.3) is 0 Å². The van der Waals surface area contributed by atoms with Gasteiger partial charge in [0.2, 0.25) is 0 Å². The number of nitrogens with one attached hydrogen (secondary N) is 1. The molecule has 1 aromatic carbocycles. The first-order valence-electron chi connectivity index (χ1n) is 4.56. The summed E-state index contributed by atoms with van der Waals surface area (Å²) in [4.78, 5) is 23.7. The summed E-state index contributed by atoms with van der Waals surface area (Å²) in [6.07, 6.45) is 0. The largest absolute Gasteiger partial charge is 0.316 e. The highest BCUT2D eigenvalue weighted by Crippen LogP contribution is 2.29. The van der Waals surface area contributed by atoms with Gasteiger partial charge in [-0.25, -0.2) is 0 Å². The van der Waals surface area contributed by atoms with E-state index in [9.17, 15) is 9.59 Å². The Hall–Kier alpha value is -1.26. The van der Waals surface area contributed by atoms with Crippen molar-refractivity contribution in [2.45, 2.75) is 11.1 Å². The maximum atomic E-state index is 11.5. The molecule has 84 valence electrons. The number of alkyl halides is 2. The van der Waals surface area contributed by atoms with Crippen molar-refractivity contribution >= 4 is 35.0 Å². The minimum absolute atomic E-state index is 0.186. The van der Waals surface area contributed by atoms with Crippen LogP contribution in [0.2, 0.25) is 0 Å². The molecule has 2 rings (SSSR count). The van der Waals surface area contributed by atoms with Crippen molar-refractivity contribution in [2.75, 3.05) is 0 Å². The van der Waals surface area contributed by atoms with Gasteiger partial charge in [0, 0.05) is 0 Å². The van der Waals surface area contributed by atoms with Gasteiger partial charge in [-0.2, -0.15) is 0 Å². The quantitative estimate of drug-likeness (QED) is 0.493. The van der Waals surface area contributed by atoms with Crippen LogP contribution in [0, 0.1) is 0 Å². The fraction of sp³-hybridized carbons (Fsp3) is 0.200. The number of rotatable bonds is 2. The number of amides is 2. The van der Waals surface area contributed by atoms with Gasteiger partial charge in [-0.15, -0.1) is 0 Å². The first-order valence-corrected chi connectivity index (χ1v) is 5.32. The topological polar surface area (TPSA) is 49.4 Å². The van der Waals surface area contributed by atoms with Crippen LogP contribution in [0.5, 0.6) is 0 Å². The summed E-state index contributed by atoms with van der Waals surface area (Å²) in [6.45, 7) is 0.186. The maximum absolute atomic E-state index is 11.5. The second-order valence-corrected chi connectivity index (χ2v) is 4.66. The summed E-state index contributed by atoms with van der Waals surface area (Å²) in [5.74, 6) is -1.52. The summed E-state index contributed by atoms with van der Waals surface area (Å²) in [6, 6.07) is 9.15. The smallest absolute Gasteiger partial charge is 0.299 e. The molecule has 1 aliphatic heterocycles. The molecule has 4 nitrogen and oxygen atoms in total. The van der Waals surface area contributed by atoms with E-state index in [4.69, 9.17) is 23.2 Å². The second-order valence-electron chi connectivity index (χ2n) is 3.37. The molecular formula is C10H8Cl2N2O2. The van der Waals surface area contributed by atoms with Gasteiger partial charge in [0.25, 0.3) is 4.58 Å². The predicted molar refractivity (Wildman–Crippen MR) is 59.6 cm³/mol. The molecule has 0 aliphatic carbocycles. The first-order chi connectivity index (χ1) is 7.50. The van der Waals surface area contributed by atoms with Crippen molar-refractivity contribution in [3.8, 4) is 0 Å². The lowest BCUT2D eigenvalue weighted by Crippen LogP contribution is -2.41. The Morgan fingerprint density at radius 2 is 1.81 bits per heavy atom. The molecule has 0 unspecified atom stereocenters. The lowest BCUT2D eigenvalue weighted by molar-refractivity contribution is -0.141. The molecule has 0 bridgehead atoms. The van der Waals surface area contributed by atoms with Crippen molar-refractivity contribution in [2.24, 2.45) is 0 Å². The summed E-state index contributed by atoms with van der Waals surface area (Å²) in [5, 5.41) is 2.18. The molecule has 2 amide bonds. The molecule has 16 heavy (non-hydrogen) atoms. The second kappa shape index (κ2) is 3.96. The highest BCUT2D eigenvalue weighted by molar-refractivity contribution is 6.55. The Morgan fingerprint density at radius 3 is 2.31 bits per heavy atom. The van der Waals surface area contributed by atoms with Crippen molar-refractivity contribution < 1.29 is 9.59 Å². The van der Waals surface area contributed by atoms with Crippen LogP contribution < -0.4 is 5.32 Å². The van der Waals surface area contributed by atoms with Gasteiger partial charge in [-0.3, -0.25) is 19.8 Å². The Labute approximate surface area is 102 Å². The van der Waals surface area contributed by atoms with Crippen LogP contribution in [-0.2, 0) is 16.1 Å². The number of hydrogen-bond donors (Lipinski definition) is 1. The van der Waals surface area contributed by atoms with E-state index in [-0.39, 0.29) is 6.54 Å². The highest BCUT2D eigenvalue weighted by Gasteiger charge is 2.47. The number of carbonyl (C=O) groups is 2. The monoisotopic (exact) mass is 258 g/mol. The number of carbonyl (C=O) groups excluding carboxylic acids is 2. The Balaban J connectivity index is 2.21. The third-order valence-corrected chi connectivity index (χ3v) is 2.82. The van der Waals surface area contributed by atoms with Crippen molar-refractivity contribution in [1.82, 2.24) is 10.2 Å². The van der Waals surface area contributed by atoms with Crippen LogP contribution in [0.15, 0.2) is 30.3 Å². The summed E-state index contributed by atoms with van der Waals surface area (Å²) in [7, 11) is 0. The number of hydrogen-bond acceptors (Lipinski definition) is 2. The first kappa shape index (κ1) is 11.2. The SMILES string of the molecule is O=C1NC(Cl)(Cl)N(Cc2ccccc2)C1=O. The van der Waals surface area contributed by atoms with Gasteiger partial charge >= 0.3 is 11.8 Å². The van der Waals surface area contributed by atoms with Gasteiger partial charge < -0.3 is 0 Å². The van der Waals surface area contributed by atoms with Crippen LogP contribution in [0.1, 0.15) is 5.56 Å². The van der Waals surface area contributed by atoms with E-state index in [1.165, 1.54) is 0 Å². The van der Waals surface area contributed by atoms with E-state index < -0.39 is 16.4 Å². The molecule has 1 N–H and O–H groups in total. The van der Waals surface area contributed by atoms with Crippen molar-refractivity contribution in [3.63, 3.8) is 0 Å². The fourth-order valence-corrected chi connectivity index (χ4v) is 1.89. The van der Waals surface area contributed by atoms with E-state index in [1.54, 1.807) is 0 Å². The van der Waals surface area contributed by atoms with Crippen LogP contribution >= 0.6 is 23.2 Å². The van der Waals surface area contributed by atoms with Gasteiger partial charge in [-0.1, -0.05) is 53.5 Å². The molecule has 0 aromatic heterocycles. The molecule has 1 aromatic rings. The average Bonchev–Trinajstić information content (AvgIpc) is 2.42. The molecule has 0 saturated carbocycles. The lowest BCUT2D eigenvalue weighted by atomic mass is 10.2.